The predicted molar refractivity (Wildman–Crippen MR) is 129 cm³/mol. The Morgan fingerprint density at radius 1 is 1.03 bits per heavy atom. The summed E-state index contributed by atoms with van der Waals surface area (Å²) < 4.78 is 27.2. The molecule has 1 saturated heterocycles. The summed E-state index contributed by atoms with van der Waals surface area (Å²) in [5, 5.41) is 3.13. The third-order valence-electron chi connectivity index (χ3n) is 5.64. The second-order valence-electron chi connectivity index (χ2n) is 7.36. The number of hydrogen-bond donors (Lipinski definition) is 2. The van der Waals surface area contributed by atoms with Gasteiger partial charge in [0.1, 0.15) is 0 Å². The molecule has 0 spiro atoms. The van der Waals surface area contributed by atoms with Crippen LogP contribution >= 0.6 is 24.0 Å². The second-order valence-corrected chi connectivity index (χ2v) is 7.36. The first kappa shape index (κ1) is 23.3. The lowest BCUT2D eigenvalue weighted by atomic mass is 9.74. The van der Waals surface area contributed by atoms with Crippen molar-refractivity contribution in [3.05, 3.63) is 42.0 Å². The minimum Gasteiger partial charge on any atom is -0.493 e. The monoisotopic (exact) mass is 541 g/mol. The Balaban J connectivity index is 0.00000272. The lowest BCUT2D eigenvalue weighted by Gasteiger charge is -2.36. The first-order valence-corrected chi connectivity index (χ1v) is 9.90. The van der Waals surface area contributed by atoms with Gasteiger partial charge < -0.3 is 34.7 Å². The minimum atomic E-state index is -0.164. The smallest absolute Gasteiger partial charge is 0.231 e. The maximum atomic E-state index is 6.20. The van der Waals surface area contributed by atoms with E-state index >= 15 is 0 Å². The number of halogens is 1. The van der Waals surface area contributed by atoms with Crippen LogP contribution in [-0.4, -0.2) is 46.7 Å². The van der Waals surface area contributed by atoms with Crippen molar-refractivity contribution in [2.24, 2.45) is 10.7 Å². The number of methoxy groups -OCH3 is 2. The van der Waals surface area contributed by atoms with Crippen LogP contribution in [0.5, 0.6) is 23.0 Å². The molecule has 9 heteroatoms. The Morgan fingerprint density at radius 2 is 1.77 bits per heavy atom. The zero-order valence-corrected chi connectivity index (χ0v) is 20.0. The molecule has 4 rings (SSSR count). The quantitative estimate of drug-likeness (QED) is 0.328. The fourth-order valence-corrected chi connectivity index (χ4v) is 3.86. The molecule has 0 saturated carbocycles. The molecule has 2 aliphatic rings. The van der Waals surface area contributed by atoms with E-state index < -0.39 is 0 Å². The molecule has 0 bridgehead atoms. The van der Waals surface area contributed by atoms with Crippen LogP contribution in [0.4, 0.5) is 5.69 Å². The van der Waals surface area contributed by atoms with Gasteiger partial charge in [-0.25, -0.2) is 0 Å². The van der Waals surface area contributed by atoms with Crippen molar-refractivity contribution in [3.8, 4) is 23.0 Å². The first-order chi connectivity index (χ1) is 14.6. The van der Waals surface area contributed by atoms with E-state index in [2.05, 4.69) is 22.4 Å². The van der Waals surface area contributed by atoms with Crippen LogP contribution in [0.25, 0.3) is 0 Å². The van der Waals surface area contributed by atoms with Crippen molar-refractivity contribution >= 4 is 35.6 Å². The number of aliphatic imine (C=N–C) groups is 1. The summed E-state index contributed by atoms with van der Waals surface area (Å²) in [6, 6.07) is 11.6. The van der Waals surface area contributed by atoms with Gasteiger partial charge in [-0.05, 0) is 42.7 Å². The molecular weight excluding hydrogens is 513 g/mol. The van der Waals surface area contributed by atoms with Gasteiger partial charge in [-0.1, -0.05) is 6.07 Å². The minimum absolute atomic E-state index is 0. The SMILES string of the molecule is COc1ccc(NC(N)=NCC2(c3ccc4c(c3)OCO4)CCOCC2)cc1OC.I. The fraction of sp³-hybridized carbons (Fsp3) is 0.409. The number of ether oxygens (including phenoxy) is 5. The zero-order valence-electron chi connectivity index (χ0n) is 17.7. The molecule has 0 aromatic heterocycles. The Bertz CT molecular complexity index is 931. The van der Waals surface area contributed by atoms with Crippen LogP contribution in [0.2, 0.25) is 0 Å². The molecule has 2 aromatic carbocycles. The van der Waals surface area contributed by atoms with Crippen LogP contribution in [0.1, 0.15) is 18.4 Å². The number of hydrogen-bond acceptors (Lipinski definition) is 6. The summed E-state index contributed by atoms with van der Waals surface area (Å²) in [7, 11) is 3.20. The van der Waals surface area contributed by atoms with Gasteiger partial charge in [0.05, 0.1) is 20.8 Å². The number of nitrogens with two attached hydrogens (primary N) is 1. The molecule has 3 N–H and O–H groups in total. The molecule has 0 unspecified atom stereocenters. The highest BCUT2D eigenvalue weighted by atomic mass is 127. The van der Waals surface area contributed by atoms with Gasteiger partial charge in [-0.3, -0.25) is 4.99 Å². The Morgan fingerprint density at radius 3 is 2.52 bits per heavy atom. The summed E-state index contributed by atoms with van der Waals surface area (Å²) in [5.41, 5.74) is 7.98. The topological polar surface area (TPSA) is 96.6 Å². The summed E-state index contributed by atoms with van der Waals surface area (Å²) in [6.45, 7) is 2.18. The van der Waals surface area contributed by atoms with E-state index in [0.29, 0.717) is 37.2 Å². The van der Waals surface area contributed by atoms with Gasteiger partial charge in [0.2, 0.25) is 6.79 Å². The van der Waals surface area contributed by atoms with Crippen LogP contribution in [0.15, 0.2) is 41.4 Å². The molecule has 8 nitrogen and oxygen atoms in total. The number of benzene rings is 2. The highest BCUT2D eigenvalue weighted by Gasteiger charge is 2.35. The maximum Gasteiger partial charge on any atom is 0.231 e. The Hall–Kier alpha value is -2.40. The molecule has 2 aliphatic heterocycles. The largest absolute Gasteiger partial charge is 0.493 e. The molecule has 2 aromatic rings. The predicted octanol–water partition coefficient (Wildman–Crippen LogP) is 3.53. The van der Waals surface area contributed by atoms with Gasteiger partial charge in [0.15, 0.2) is 29.0 Å². The van der Waals surface area contributed by atoms with E-state index in [9.17, 15) is 0 Å². The van der Waals surface area contributed by atoms with E-state index in [1.165, 1.54) is 0 Å². The van der Waals surface area contributed by atoms with Crippen molar-refractivity contribution in [2.75, 3.05) is 46.1 Å². The standard InChI is InChI=1S/C22H27N3O5.HI/c1-26-17-6-4-16(12-19(17)27-2)25-21(23)24-13-22(7-9-28-10-8-22)15-3-5-18-20(11-15)30-14-29-18;/h3-6,11-12H,7-10,13-14H2,1-2H3,(H3,23,24,25);1H. The van der Waals surface area contributed by atoms with E-state index in [1.807, 2.05) is 24.3 Å². The number of fused-ring (bicyclic) bond motifs is 1. The molecule has 1 fully saturated rings. The third-order valence-corrected chi connectivity index (χ3v) is 5.64. The van der Waals surface area contributed by atoms with E-state index in [-0.39, 0.29) is 36.2 Å². The number of nitrogens with one attached hydrogen (secondary N) is 1. The average Bonchev–Trinajstić information content (AvgIpc) is 3.26. The van der Waals surface area contributed by atoms with Gasteiger partial charge in [-0.15, -0.1) is 24.0 Å². The highest BCUT2D eigenvalue weighted by Crippen LogP contribution is 2.41. The van der Waals surface area contributed by atoms with E-state index in [1.54, 1.807) is 14.2 Å². The molecular formula is C22H28IN3O5. The molecule has 0 radical (unpaired) electrons. The van der Waals surface area contributed by atoms with Crippen molar-refractivity contribution in [3.63, 3.8) is 0 Å². The highest BCUT2D eigenvalue weighted by molar-refractivity contribution is 14.0. The molecule has 0 aliphatic carbocycles. The van der Waals surface area contributed by atoms with Gasteiger partial charge >= 0.3 is 0 Å². The summed E-state index contributed by atoms with van der Waals surface area (Å²) in [4.78, 5) is 4.67. The van der Waals surface area contributed by atoms with Crippen molar-refractivity contribution in [2.45, 2.75) is 18.3 Å². The summed E-state index contributed by atoms with van der Waals surface area (Å²) in [5.74, 6) is 3.17. The van der Waals surface area contributed by atoms with E-state index in [4.69, 9.17) is 29.4 Å². The molecule has 0 atom stereocenters. The van der Waals surface area contributed by atoms with Gasteiger partial charge in [-0.2, -0.15) is 0 Å². The maximum absolute atomic E-state index is 6.20. The Labute approximate surface area is 199 Å². The van der Waals surface area contributed by atoms with Gasteiger partial charge in [0, 0.05) is 30.4 Å². The van der Waals surface area contributed by atoms with Gasteiger partial charge in [0.25, 0.3) is 0 Å². The summed E-state index contributed by atoms with van der Waals surface area (Å²) >= 11 is 0. The third kappa shape index (κ3) is 5.09. The fourth-order valence-electron chi connectivity index (χ4n) is 3.86. The number of nitrogens with zero attached hydrogens (tertiary/aromatic N) is 1. The van der Waals surface area contributed by atoms with Crippen molar-refractivity contribution in [1.29, 1.82) is 0 Å². The van der Waals surface area contributed by atoms with Crippen molar-refractivity contribution < 1.29 is 23.7 Å². The molecule has 0 amide bonds. The number of rotatable bonds is 6. The van der Waals surface area contributed by atoms with Crippen LogP contribution in [0.3, 0.4) is 0 Å². The lowest BCUT2D eigenvalue weighted by molar-refractivity contribution is 0.0531. The van der Waals surface area contributed by atoms with Crippen LogP contribution < -0.4 is 30.0 Å². The number of anilines is 1. The first-order valence-electron chi connectivity index (χ1n) is 9.90. The summed E-state index contributed by atoms with van der Waals surface area (Å²) in [6.07, 6.45) is 1.72. The van der Waals surface area contributed by atoms with Crippen LogP contribution in [0, 0.1) is 0 Å². The number of guanidine groups is 1. The van der Waals surface area contributed by atoms with Crippen molar-refractivity contribution in [1.82, 2.24) is 0 Å². The molecule has 31 heavy (non-hydrogen) atoms. The molecule has 168 valence electrons. The molecule has 2 heterocycles. The Kier molecular flexibility index (Phi) is 7.71. The average molecular weight is 541 g/mol. The van der Waals surface area contributed by atoms with Crippen LogP contribution in [-0.2, 0) is 10.2 Å². The normalized spacial score (nSPS) is 16.9. The van der Waals surface area contributed by atoms with E-state index in [0.717, 1.165) is 35.6 Å². The lowest BCUT2D eigenvalue weighted by Crippen LogP contribution is -2.38. The zero-order chi connectivity index (χ0) is 21.0. The second kappa shape index (κ2) is 10.3.